The van der Waals surface area contributed by atoms with Crippen LogP contribution in [0.25, 0.3) is 0 Å². The van der Waals surface area contributed by atoms with Crippen molar-refractivity contribution < 1.29 is 32.2 Å². The average Bonchev–Trinajstić information content (AvgIpc) is 2.80. The molecule has 1 aromatic carbocycles. The van der Waals surface area contributed by atoms with E-state index in [0.717, 1.165) is 32.3 Å². The third-order valence-electron chi connectivity index (χ3n) is 5.73. The number of esters is 2. The summed E-state index contributed by atoms with van der Waals surface area (Å²) in [5, 5.41) is 0. The number of hydrogen-bond donors (Lipinski definition) is 0. The Labute approximate surface area is 208 Å². The van der Waals surface area contributed by atoms with Gasteiger partial charge in [0.05, 0.1) is 0 Å². The fourth-order valence-corrected chi connectivity index (χ4v) is 3.82. The summed E-state index contributed by atoms with van der Waals surface area (Å²) in [5.74, 6) is -3.38. The molecule has 4 nitrogen and oxygen atoms in total. The zero-order valence-corrected chi connectivity index (χ0v) is 21.3. The number of ether oxygens (including phenoxy) is 2. The van der Waals surface area contributed by atoms with E-state index in [-0.39, 0.29) is 17.7 Å². The molecule has 0 atom stereocenters. The van der Waals surface area contributed by atoms with Gasteiger partial charge in [0.25, 0.3) is 0 Å². The Hall–Kier alpha value is -2.31. The Morgan fingerprint density at radius 1 is 0.800 bits per heavy atom. The van der Waals surface area contributed by atoms with Gasteiger partial charge in [0.1, 0.15) is 11.3 Å². The first-order chi connectivity index (χ1) is 16.8. The van der Waals surface area contributed by atoms with Crippen LogP contribution in [0.15, 0.2) is 36.1 Å². The van der Waals surface area contributed by atoms with E-state index in [2.05, 4.69) is 11.7 Å². The van der Waals surface area contributed by atoms with Gasteiger partial charge in [0.2, 0.25) is 5.76 Å². The summed E-state index contributed by atoms with van der Waals surface area (Å²) < 4.78 is 49.6. The average molecular weight is 499 g/mol. The first kappa shape index (κ1) is 30.7. The number of para-hydroxylation sites is 1. The van der Waals surface area contributed by atoms with Crippen LogP contribution >= 0.6 is 0 Å². The summed E-state index contributed by atoms with van der Waals surface area (Å²) >= 11 is 0. The van der Waals surface area contributed by atoms with Crippen molar-refractivity contribution in [1.29, 1.82) is 0 Å². The Bertz CT molecular complexity index is 772. The van der Waals surface area contributed by atoms with Gasteiger partial charge in [-0.25, -0.2) is 4.79 Å². The van der Waals surface area contributed by atoms with E-state index in [1.165, 1.54) is 88.5 Å². The normalized spacial score (nSPS) is 12.0. The molecule has 1 rings (SSSR count). The van der Waals surface area contributed by atoms with Crippen molar-refractivity contribution in [3.8, 4) is 5.75 Å². The van der Waals surface area contributed by atoms with E-state index < -0.39 is 23.9 Å². The lowest BCUT2D eigenvalue weighted by Gasteiger charge is -2.13. The van der Waals surface area contributed by atoms with Crippen LogP contribution < -0.4 is 4.74 Å². The number of rotatable bonds is 18. The van der Waals surface area contributed by atoms with E-state index in [0.29, 0.717) is 6.42 Å². The van der Waals surface area contributed by atoms with Crippen LogP contribution in [0.1, 0.15) is 121 Å². The number of hydrogen-bond acceptors (Lipinski definition) is 4. The summed E-state index contributed by atoms with van der Waals surface area (Å²) in [7, 11) is 0. The minimum Gasteiger partial charge on any atom is -0.426 e. The van der Waals surface area contributed by atoms with Gasteiger partial charge < -0.3 is 9.47 Å². The molecule has 0 radical (unpaired) electrons. The lowest BCUT2D eigenvalue weighted by atomic mass is 10.0. The molecule has 0 spiro atoms. The van der Waals surface area contributed by atoms with Crippen LogP contribution in [-0.4, -0.2) is 18.1 Å². The number of alkyl halides is 3. The highest BCUT2D eigenvalue weighted by molar-refractivity contribution is 5.94. The van der Waals surface area contributed by atoms with Crippen molar-refractivity contribution in [1.82, 2.24) is 0 Å². The van der Waals surface area contributed by atoms with Crippen LogP contribution in [0.3, 0.4) is 0 Å². The Morgan fingerprint density at radius 2 is 1.29 bits per heavy atom. The minimum atomic E-state index is -4.79. The molecule has 0 fully saturated rings. The van der Waals surface area contributed by atoms with Crippen molar-refractivity contribution in [2.24, 2.45) is 0 Å². The van der Waals surface area contributed by atoms with Crippen molar-refractivity contribution >= 4 is 11.9 Å². The summed E-state index contributed by atoms with van der Waals surface area (Å²) in [6, 6.07) is 5.53. The molecule has 35 heavy (non-hydrogen) atoms. The van der Waals surface area contributed by atoms with Crippen LogP contribution in [-0.2, 0) is 9.53 Å². The molecular formula is C28H41F3O4. The minimum absolute atomic E-state index is 0.140. The fraction of sp³-hybridized carbons (Fsp3) is 0.643. The van der Waals surface area contributed by atoms with Crippen molar-refractivity contribution in [3.63, 3.8) is 0 Å². The maximum absolute atomic E-state index is 13.4. The molecule has 0 N–H and O–H groups in total. The van der Waals surface area contributed by atoms with Gasteiger partial charge in [0, 0.05) is 6.92 Å². The molecule has 0 aliphatic carbocycles. The van der Waals surface area contributed by atoms with Crippen molar-refractivity contribution in [2.75, 3.05) is 0 Å². The van der Waals surface area contributed by atoms with Crippen molar-refractivity contribution in [2.45, 2.75) is 116 Å². The summed E-state index contributed by atoms with van der Waals surface area (Å²) in [6.07, 6.45) is 12.7. The molecule has 0 amide bonds. The van der Waals surface area contributed by atoms with Gasteiger partial charge in [0.15, 0.2) is 0 Å². The second kappa shape index (κ2) is 18.0. The lowest BCUT2D eigenvalue weighted by molar-refractivity contribution is -0.132. The van der Waals surface area contributed by atoms with E-state index in [4.69, 9.17) is 4.74 Å². The van der Waals surface area contributed by atoms with E-state index in [1.54, 1.807) is 0 Å². The Balaban J connectivity index is 2.31. The quantitative estimate of drug-likeness (QED) is 0.0876. The maximum Gasteiger partial charge on any atom is 0.449 e. The van der Waals surface area contributed by atoms with Gasteiger partial charge in [-0.3, -0.25) is 4.79 Å². The highest BCUT2D eigenvalue weighted by Gasteiger charge is 2.37. The monoisotopic (exact) mass is 498 g/mol. The van der Waals surface area contributed by atoms with Crippen LogP contribution in [0, 0.1) is 0 Å². The maximum atomic E-state index is 13.4. The highest BCUT2D eigenvalue weighted by Crippen LogP contribution is 2.30. The number of carbonyl (C=O) groups is 2. The third-order valence-corrected chi connectivity index (χ3v) is 5.73. The van der Waals surface area contributed by atoms with Crippen LogP contribution in [0.4, 0.5) is 13.2 Å². The van der Waals surface area contributed by atoms with Gasteiger partial charge in [-0.1, -0.05) is 103 Å². The predicted octanol–water partition coefficient (Wildman–Crippen LogP) is 9.09. The molecule has 7 heteroatoms. The largest absolute Gasteiger partial charge is 0.449 e. The summed E-state index contributed by atoms with van der Waals surface area (Å²) in [4.78, 5) is 23.5. The molecule has 0 saturated heterocycles. The second-order valence-corrected chi connectivity index (χ2v) is 8.93. The number of benzene rings is 1. The van der Waals surface area contributed by atoms with Gasteiger partial charge in [-0.15, -0.1) is 0 Å². The number of halogens is 3. The standard InChI is InChI=1S/C28H41F3O4/c1-3-4-5-6-7-8-9-10-11-12-13-14-15-16-17-22-26(28(29,30)31)35-27(33)24-20-18-19-21-25(24)34-23(2)32/h18-22H,3-17H2,1-2H3/b26-22+. The molecular weight excluding hydrogens is 457 g/mol. The molecule has 0 unspecified atom stereocenters. The van der Waals surface area contributed by atoms with Gasteiger partial charge in [-0.05, 0) is 31.1 Å². The lowest BCUT2D eigenvalue weighted by Crippen LogP contribution is -2.19. The second-order valence-electron chi connectivity index (χ2n) is 8.93. The fourth-order valence-electron chi connectivity index (χ4n) is 3.82. The van der Waals surface area contributed by atoms with Gasteiger partial charge >= 0.3 is 18.1 Å². The van der Waals surface area contributed by atoms with Crippen LogP contribution in [0.2, 0.25) is 0 Å². The number of allylic oxidation sites excluding steroid dienone is 2. The van der Waals surface area contributed by atoms with Crippen LogP contribution in [0.5, 0.6) is 5.75 Å². The zero-order valence-electron chi connectivity index (χ0n) is 21.3. The Kier molecular flexibility index (Phi) is 15.8. The zero-order chi connectivity index (χ0) is 25.9. The molecule has 198 valence electrons. The van der Waals surface area contributed by atoms with E-state index in [9.17, 15) is 22.8 Å². The first-order valence-corrected chi connectivity index (χ1v) is 13.0. The third kappa shape index (κ3) is 14.6. The molecule has 0 bridgehead atoms. The first-order valence-electron chi connectivity index (χ1n) is 13.0. The molecule has 0 aliphatic heterocycles. The molecule has 0 aromatic heterocycles. The Morgan fingerprint density at radius 3 is 1.77 bits per heavy atom. The molecule has 0 aliphatic rings. The molecule has 1 aromatic rings. The molecule has 0 saturated carbocycles. The topological polar surface area (TPSA) is 52.6 Å². The number of unbranched alkanes of at least 4 members (excludes halogenated alkanes) is 14. The SMILES string of the molecule is CCCCCCCCCCCCCCCC/C=C(/OC(=O)c1ccccc1OC(C)=O)C(F)(F)F. The predicted molar refractivity (Wildman–Crippen MR) is 132 cm³/mol. The van der Waals surface area contributed by atoms with E-state index >= 15 is 0 Å². The summed E-state index contributed by atoms with van der Waals surface area (Å²) in [6.45, 7) is 3.37. The number of carbonyl (C=O) groups excluding carboxylic acids is 2. The molecule has 0 heterocycles. The van der Waals surface area contributed by atoms with Crippen molar-refractivity contribution in [3.05, 3.63) is 41.7 Å². The van der Waals surface area contributed by atoms with Gasteiger partial charge in [-0.2, -0.15) is 13.2 Å². The smallest absolute Gasteiger partial charge is 0.426 e. The highest BCUT2D eigenvalue weighted by atomic mass is 19.4. The summed E-state index contributed by atoms with van der Waals surface area (Å²) in [5.41, 5.74) is -0.241. The van der Waals surface area contributed by atoms with E-state index in [1.807, 2.05) is 0 Å².